The van der Waals surface area contributed by atoms with E-state index < -0.39 is 63.6 Å². The number of carbonyl (C=O) groups is 2. The third-order valence-electron chi connectivity index (χ3n) is 9.51. The molecule has 0 aromatic heterocycles. The average Bonchev–Trinajstić information content (AvgIpc) is 2.78. The molecule has 0 aromatic carbocycles. The van der Waals surface area contributed by atoms with Crippen molar-refractivity contribution in [3.05, 3.63) is 12.7 Å². The van der Waals surface area contributed by atoms with Gasteiger partial charge in [-0.1, -0.05) is 40.7 Å². The Morgan fingerprint density at radius 3 is 2.34 bits per heavy atom. The first-order valence-electron chi connectivity index (χ1n) is 12.9. The van der Waals surface area contributed by atoms with Crippen LogP contribution in [0.3, 0.4) is 0 Å². The molecule has 3 N–H and O–H groups in total. The molecule has 1 heterocycles. The Morgan fingerprint density at radius 2 is 1.80 bits per heavy atom. The summed E-state index contributed by atoms with van der Waals surface area (Å²) in [6.07, 6.45) is -1.24. The average molecular weight is 496 g/mol. The van der Waals surface area contributed by atoms with Crippen LogP contribution >= 0.6 is 0 Å². The van der Waals surface area contributed by atoms with Gasteiger partial charge in [0.1, 0.15) is 5.60 Å². The Bertz CT molecular complexity index is 856. The van der Waals surface area contributed by atoms with Crippen molar-refractivity contribution < 1.29 is 34.4 Å². The summed E-state index contributed by atoms with van der Waals surface area (Å²) in [5.74, 6) is -1.77. The normalized spacial score (nSPS) is 44.9. The molecule has 1 aliphatic heterocycles. The molecule has 8 atom stereocenters. The van der Waals surface area contributed by atoms with E-state index in [2.05, 4.69) is 11.5 Å². The number of hydrogen-bond acceptors (Lipinski definition) is 8. The SMILES string of the molecule is C=C[C@@]1(C)CC(=O)[C@]2(O)[C@@]3(C)[C@@H](O)CCC(C)(C)[C@@H]3[C@H](O)[C@H](OC(=O)CCN(CC)CC)[C@@]2(C)O1. The molecule has 2 aliphatic carbocycles. The number of nitrogens with zero attached hydrogens (tertiary/aromatic N) is 1. The third kappa shape index (κ3) is 4.00. The minimum absolute atomic E-state index is 0.0973. The highest BCUT2D eigenvalue weighted by Crippen LogP contribution is 2.67. The number of fused-ring (bicyclic) bond motifs is 3. The zero-order valence-corrected chi connectivity index (χ0v) is 22.5. The maximum absolute atomic E-state index is 13.9. The second kappa shape index (κ2) is 9.21. The Balaban J connectivity index is 2.13. The molecule has 0 unspecified atom stereocenters. The highest BCUT2D eigenvalue weighted by Gasteiger charge is 2.81. The van der Waals surface area contributed by atoms with Crippen molar-refractivity contribution in [2.24, 2.45) is 16.7 Å². The van der Waals surface area contributed by atoms with E-state index in [1.54, 1.807) is 13.8 Å². The fourth-order valence-corrected chi connectivity index (χ4v) is 7.47. The summed E-state index contributed by atoms with van der Waals surface area (Å²) in [6, 6.07) is 0. The summed E-state index contributed by atoms with van der Waals surface area (Å²) in [5, 5.41) is 35.5. The van der Waals surface area contributed by atoms with Crippen molar-refractivity contribution in [1.82, 2.24) is 4.90 Å². The summed E-state index contributed by atoms with van der Waals surface area (Å²) in [4.78, 5) is 29.0. The minimum Gasteiger partial charge on any atom is -0.456 e. The van der Waals surface area contributed by atoms with Gasteiger partial charge in [0, 0.05) is 24.3 Å². The highest BCUT2D eigenvalue weighted by atomic mass is 16.6. The standard InChI is InChI=1S/C27H45NO7/c1-9-24(6)16-18(30)27(33)25(7)17(29)12-14-23(4,5)21(25)20(32)22(26(27,8)35-24)34-19(31)13-15-28(10-2)11-3/h9,17,20-22,29,32-33H,1,10-16H2,2-8H3/t17-,20-,21-,22-,24-,25-,26+,27-/m0/s1. The second-order valence-corrected chi connectivity index (χ2v) is 12.0. The van der Waals surface area contributed by atoms with Gasteiger partial charge in [0.2, 0.25) is 0 Å². The lowest BCUT2D eigenvalue weighted by Crippen LogP contribution is -2.86. The van der Waals surface area contributed by atoms with Crippen LogP contribution in [0.5, 0.6) is 0 Å². The van der Waals surface area contributed by atoms with Gasteiger partial charge in [0.05, 0.1) is 24.2 Å². The molecule has 3 aliphatic rings. The summed E-state index contributed by atoms with van der Waals surface area (Å²) in [7, 11) is 0. The first-order valence-corrected chi connectivity index (χ1v) is 12.9. The molecular weight excluding hydrogens is 450 g/mol. The molecule has 0 bridgehead atoms. The number of ketones is 1. The van der Waals surface area contributed by atoms with Gasteiger partial charge >= 0.3 is 5.97 Å². The number of Topliss-reactive ketones (excluding diaryl/α,β-unsaturated/α-hetero) is 1. The molecule has 0 spiro atoms. The number of carbonyl (C=O) groups excluding carboxylic acids is 2. The molecule has 3 rings (SSSR count). The van der Waals surface area contributed by atoms with Gasteiger partial charge in [-0.25, -0.2) is 0 Å². The fraction of sp³-hybridized carbons (Fsp3) is 0.852. The van der Waals surface area contributed by atoms with Crippen LogP contribution in [-0.2, 0) is 19.1 Å². The van der Waals surface area contributed by atoms with Crippen molar-refractivity contribution in [2.45, 2.75) is 109 Å². The first kappa shape index (κ1) is 28.3. The summed E-state index contributed by atoms with van der Waals surface area (Å²) >= 11 is 0. The van der Waals surface area contributed by atoms with Crippen LogP contribution in [0.1, 0.15) is 74.1 Å². The Labute approximate surface area is 209 Å². The number of ether oxygens (including phenoxy) is 2. The molecule has 200 valence electrons. The number of aliphatic hydroxyl groups is 3. The maximum Gasteiger partial charge on any atom is 0.307 e. The molecule has 1 saturated heterocycles. The van der Waals surface area contributed by atoms with Gasteiger partial charge in [-0.05, 0) is 45.2 Å². The number of rotatable bonds is 7. The van der Waals surface area contributed by atoms with Gasteiger partial charge in [0.15, 0.2) is 17.5 Å². The molecular formula is C27H45NO7. The van der Waals surface area contributed by atoms with E-state index in [0.717, 1.165) is 13.1 Å². The molecule has 35 heavy (non-hydrogen) atoms. The van der Waals surface area contributed by atoms with Crippen molar-refractivity contribution in [3.63, 3.8) is 0 Å². The van der Waals surface area contributed by atoms with Gasteiger partial charge in [-0.3, -0.25) is 9.59 Å². The quantitative estimate of drug-likeness (QED) is 0.364. The fourth-order valence-electron chi connectivity index (χ4n) is 7.47. The Hall–Kier alpha value is -1.32. The van der Waals surface area contributed by atoms with Crippen molar-refractivity contribution >= 4 is 11.8 Å². The lowest BCUT2D eigenvalue weighted by molar-refractivity contribution is -0.370. The van der Waals surface area contributed by atoms with E-state index in [9.17, 15) is 24.9 Å². The molecule has 0 aromatic rings. The van der Waals surface area contributed by atoms with Crippen molar-refractivity contribution in [3.8, 4) is 0 Å². The van der Waals surface area contributed by atoms with Gasteiger partial charge in [0.25, 0.3) is 0 Å². The van der Waals surface area contributed by atoms with E-state index >= 15 is 0 Å². The van der Waals surface area contributed by atoms with Gasteiger partial charge in [-0.15, -0.1) is 6.58 Å². The third-order valence-corrected chi connectivity index (χ3v) is 9.51. The zero-order chi connectivity index (χ0) is 26.6. The smallest absolute Gasteiger partial charge is 0.307 e. The minimum atomic E-state index is -2.20. The van der Waals surface area contributed by atoms with E-state index in [4.69, 9.17) is 9.47 Å². The second-order valence-electron chi connectivity index (χ2n) is 12.0. The van der Waals surface area contributed by atoms with Crippen LogP contribution in [0.15, 0.2) is 12.7 Å². The summed E-state index contributed by atoms with van der Waals surface area (Å²) in [5.41, 5.74) is -7.12. The van der Waals surface area contributed by atoms with Crippen LogP contribution in [-0.4, -0.2) is 86.7 Å². The molecule has 8 heteroatoms. The predicted octanol–water partition coefficient (Wildman–Crippen LogP) is 2.23. The Kier molecular flexibility index (Phi) is 7.43. The summed E-state index contributed by atoms with van der Waals surface area (Å²) < 4.78 is 12.3. The van der Waals surface area contributed by atoms with Crippen LogP contribution in [0.4, 0.5) is 0 Å². The largest absolute Gasteiger partial charge is 0.456 e. The lowest BCUT2D eigenvalue weighted by Gasteiger charge is -2.71. The molecule has 3 fully saturated rings. The van der Waals surface area contributed by atoms with Crippen LogP contribution in [0, 0.1) is 16.7 Å². The lowest BCUT2D eigenvalue weighted by atomic mass is 9.40. The van der Waals surface area contributed by atoms with Crippen LogP contribution in [0.2, 0.25) is 0 Å². The Morgan fingerprint density at radius 1 is 1.20 bits per heavy atom. The molecule has 0 amide bonds. The zero-order valence-electron chi connectivity index (χ0n) is 22.5. The monoisotopic (exact) mass is 495 g/mol. The predicted molar refractivity (Wildman–Crippen MR) is 132 cm³/mol. The first-order chi connectivity index (χ1) is 16.1. The van der Waals surface area contributed by atoms with Gasteiger partial charge in [-0.2, -0.15) is 0 Å². The number of hydrogen-bond donors (Lipinski definition) is 3. The topological polar surface area (TPSA) is 117 Å². The number of esters is 1. The van der Waals surface area contributed by atoms with E-state index in [0.29, 0.717) is 19.4 Å². The van der Waals surface area contributed by atoms with E-state index in [1.807, 2.05) is 27.7 Å². The van der Waals surface area contributed by atoms with E-state index in [1.165, 1.54) is 13.0 Å². The maximum atomic E-state index is 13.9. The molecule has 2 saturated carbocycles. The molecule has 0 radical (unpaired) electrons. The summed E-state index contributed by atoms with van der Waals surface area (Å²) in [6.45, 7) is 18.7. The van der Waals surface area contributed by atoms with Crippen molar-refractivity contribution in [2.75, 3.05) is 19.6 Å². The van der Waals surface area contributed by atoms with Gasteiger partial charge < -0.3 is 29.7 Å². The van der Waals surface area contributed by atoms with E-state index in [-0.39, 0.29) is 12.8 Å². The van der Waals surface area contributed by atoms with Crippen molar-refractivity contribution in [1.29, 1.82) is 0 Å². The number of aliphatic hydroxyl groups excluding tert-OH is 2. The van der Waals surface area contributed by atoms with Crippen LogP contribution in [0.25, 0.3) is 0 Å². The highest BCUT2D eigenvalue weighted by molar-refractivity contribution is 5.92. The molecule has 8 nitrogen and oxygen atoms in total. The van der Waals surface area contributed by atoms with Crippen LogP contribution < -0.4 is 0 Å².